The molecule has 1 aromatic carbocycles. The minimum atomic E-state index is -0.781. The Balaban J connectivity index is 3.14. The largest absolute Gasteiger partial charge is 0.490 e. The van der Waals surface area contributed by atoms with Gasteiger partial charge in [0, 0.05) is 0 Å². The highest BCUT2D eigenvalue weighted by Crippen LogP contribution is 2.22. The van der Waals surface area contributed by atoms with Gasteiger partial charge in [-0.2, -0.15) is 21.0 Å². The van der Waals surface area contributed by atoms with Crippen molar-refractivity contribution in [3.05, 3.63) is 65.0 Å². The number of nitrogens with one attached hydrogen (secondary N) is 1. The first-order valence-electron chi connectivity index (χ1n) is 10.2. The molecule has 0 aliphatic heterocycles. The van der Waals surface area contributed by atoms with Crippen LogP contribution >= 0.6 is 0 Å². The summed E-state index contributed by atoms with van der Waals surface area (Å²) in [5.41, 5.74) is -0.500. The molecule has 0 aliphatic rings. The van der Waals surface area contributed by atoms with E-state index >= 15 is 0 Å². The second kappa shape index (κ2) is 13.0. The summed E-state index contributed by atoms with van der Waals surface area (Å²) in [6, 6.07) is 11.5. The predicted octanol–water partition coefficient (Wildman–Crippen LogP) is 4.15. The van der Waals surface area contributed by atoms with Crippen LogP contribution < -0.4 is 10.1 Å². The van der Waals surface area contributed by atoms with Gasteiger partial charge in [-0.15, -0.1) is 0 Å². The number of rotatable bonds is 9. The molecule has 0 aromatic heterocycles. The summed E-state index contributed by atoms with van der Waals surface area (Å²) < 4.78 is 16.7. The lowest BCUT2D eigenvalue weighted by molar-refractivity contribution is 0.0446. The third-order valence-electron chi connectivity index (χ3n) is 4.07. The van der Waals surface area contributed by atoms with E-state index in [1.165, 1.54) is 24.3 Å². The monoisotopic (exact) mass is 459 g/mol. The summed E-state index contributed by atoms with van der Waals surface area (Å²) >= 11 is 0. The number of nitrogens with zero attached hydrogens (tertiary/aromatic N) is 4. The number of benzene rings is 1. The van der Waals surface area contributed by atoms with Crippen LogP contribution in [-0.4, -0.2) is 30.9 Å². The van der Waals surface area contributed by atoms with Gasteiger partial charge >= 0.3 is 6.09 Å². The van der Waals surface area contributed by atoms with Crippen molar-refractivity contribution in [1.29, 1.82) is 21.0 Å². The lowest BCUT2D eigenvalue weighted by Gasteiger charge is -2.24. The maximum absolute atomic E-state index is 12.3. The minimum Gasteiger partial charge on any atom is -0.490 e. The smallest absolute Gasteiger partial charge is 0.408 e. The Hall–Kier alpha value is -4.73. The highest BCUT2D eigenvalue weighted by Gasteiger charge is 2.22. The van der Waals surface area contributed by atoms with E-state index in [4.69, 9.17) is 14.2 Å². The van der Waals surface area contributed by atoms with Gasteiger partial charge in [-0.05, 0) is 45.9 Å². The van der Waals surface area contributed by atoms with Crippen molar-refractivity contribution in [2.45, 2.75) is 39.3 Å². The number of hydrogen-bond donors (Lipinski definition) is 1. The molecule has 1 rings (SSSR count). The molecule has 34 heavy (non-hydrogen) atoms. The zero-order valence-corrected chi connectivity index (χ0v) is 19.5. The number of allylic oxidation sites excluding steroid dienone is 4. The molecule has 0 bridgehead atoms. The average molecular weight is 460 g/mol. The third kappa shape index (κ3) is 8.08. The second-order valence-corrected chi connectivity index (χ2v) is 7.74. The normalized spacial score (nSPS) is 12.4. The second-order valence-electron chi connectivity index (χ2n) is 7.74. The number of alkyl carbamates (subject to hydrolysis) is 1. The van der Waals surface area contributed by atoms with Crippen LogP contribution in [0.4, 0.5) is 4.79 Å². The molecular weight excluding hydrogens is 434 g/mol. The molecule has 1 amide bonds. The molecular formula is C25H25N5O4. The lowest BCUT2D eigenvalue weighted by Crippen LogP contribution is -2.44. The van der Waals surface area contributed by atoms with Gasteiger partial charge < -0.3 is 19.5 Å². The summed E-state index contributed by atoms with van der Waals surface area (Å²) in [6.07, 6.45) is 2.03. The number of amides is 1. The Morgan fingerprint density at radius 2 is 1.85 bits per heavy atom. The molecule has 1 N–H and O–H groups in total. The first-order valence-corrected chi connectivity index (χ1v) is 10.2. The van der Waals surface area contributed by atoms with Crippen molar-refractivity contribution < 1.29 is 19.0 Å². The molecule has 0 saturated carbocycles. The summed E-state index contributed by atoms with van der Waals surface area (Å²) in [5.74, 6) is 0.291. The van der Waals surface area contributed by atoms with E-state index in [0.29, 0.717) is 0 Å². The van der Waals surface area contributed by atoms with Gasteiger partial charge in [0.1, 0.15) is 71.8 Å². The van der Waals surface area contributed by atoms with Crippen molar-refractivity contribution >= 4 is 6.09 Å². The molecule has 0 saturated heterocycles. The van der Waals surface area contributed by atoms with Gasteiger partial charge in [-0.1, -0.05) is 18.7 Å². The zero-order valence-electron chi connectivity index (χ0n) is 19.5. The van der Waals surface area contributed by atoms with Gasteiger partial charge in [-0.25, -0.2) is 4.79 Å². The number of ether oxygens (including phenoxy) is 3. The fourth-order valence-electron chi connectivity index (χ4n) is 2.60. The first-order chi connectivity index (χ1) is 16.1. The number of carbonyl (C=O) groups excluding carboxylic acids is 1. The van der Waals surface area contributed by atoms with E-state index in [1.54, 1.807) is 33.8 Å². The van der Waals surface area contributed by atoms with Crippen LogP contribution in [-0.2, 0) is 9.47 Å². The van der Waals surface area contributed by atoms with E-state index in [9.17, 15) is 25.8 Å². The topological polar surface area (TPSA) is 152 Å². The number of nitriles is 4. The van der Waals surface area contributed by atoms with Crippen LogP contribution in [0.15, 0.2) is 53.8 Å². The minimum absolute atomic E-state index is 0.00887. The quantitative estimate of drug-likeness (QED) is 0.328. The van der Waals surface area contributed by atoms with E-state index < -0.39 is 17.7 Å². The zero-order chi connectivity index (χ0) is 25.7. The molecule has 0 heterocycles. The van der Waals surface area contributed by atoms with Crippen LogP contribution in [0.5, 0.6) is 5.75 Å². The Morgan fingerprint density at radius 1 is 1.15 bits per heavy atom. The number of hydrogen-bond acceptors (Lipinski definition) is 8. The molecule has 0 fully saturated rings. The molecule has 0 radical (unpaired) electrons. The van der Waals surface area contributed by atoms with Crippen molar-refractivity contribution in [2.75, 3.05) is 13.2 Å². The molecule has 174 valence electrons. The highest BCUT2D eigenvalue weighted by atomic mass is 16.6. The van der Waals surface area contributed by atoms with E-state index in [-0.39, 0.29) is 47.0 Å². The van der Waals surface area contributed by atoms with Crippen LogP contribution in [0.25, 0.3) is 0 Å². The van der Waals surface area contributed by atoms with Gasteiger partial charge in [-0.3, -0.25) is 0 Å². The average Bonchev–Trinajstić information content (AvgIpc) is 2.80. The first kappa shape index (κ1) is 27.3. The van der Waals surface area contributed by atoms with Crippen LogP contribution in [0.3, 0.4) is 0 Å². The molecule has 1 unspecified atom stereocenters. The Morgan fingerprint density at radius 3 is 2.35 bits per heavy atom. The summed E-state index contributed by atoms with van der Waals surface area (Å²) in [6.45, 7) is 9.99. The molecule has 0 aliphatic carbocycles. The Labute approximate surface area is 199 Å². The molecule has 9 heteroatoms. The highest BCUT2D eigenvalue weighted by molar-refractivity contribution is 5.68. The summed E-state index contributed by atoms with van der Waals surface area (Å²) in [5, 5.41) is 39.9. The maximum Gasteiger partial charge on any atom is 0.408 e. The maximum atomic E-state index is 12.3. The van der Waals surface area contributed by atoms with Crippen LogP contribution in [0, 0.1) is 45.3 Å². The predicted molar refractivity (Wildman–Crippen MR) is 123 cm³/mol. The Kier molecular flexibility index (Phi) is 10.4. The summed E-state index contributed by atoms with van der Waals surface area (Å²) in [7, 11) is 0. The Bertz CT molecular complexity index is 1150. The van der Waals surface area contributed by atoms with Crippen LogP contribution in [0.2, 0.25) is 0 Å². The van der Waals surface area contributed by atoms with Crippen molar-refractivity contribution in [1.82, 2.24) is 5.32 Å². The van der Waals surface area contributed by atoms with E-state index in [0.717, 1.165) is 0 Å². The molecule has 1 atom stereocenters. The van der Waals surface area contributed by atoms with E-state index in [2.05, 4.69) is 11.9 Å². The third-order valence-corrected chi connectivity index (χ3v) is 4.07. The summed E-state index contributed by atoms with van der Waals surface area (Å²) in [4.78, 5) is 12.3. The van der Waals surface area contributed by atoms with Gasteiger partial charge in [0.2, 0.25) is 0 Å². The molecule has 1 aromatic rings. The molecule has 0 spiro atoms. The SMILES string of the molecule is C=C/C(C#N)=C(C#N)\C(=C/C)OCC(COc1cccc(C#N)c1C#N)NC(=O)OC(C)(C)C. The standard InChI is InChI=1S/C25H25N5O4/c1-6-17(11-26)20(13-28)22(7-2)32-15-19(30-24(31)34-25(3,4)5)16-33-23-10-8-9-18(12-27)21(23)14-29/h6-10,19H,1,15-16H2,2-5H3,(H,30,31)/b20-17+,22-7+. The van der Waals surface area contributed by atoms with Crippen molar-refractivity contribution in [2.24, 2.45) is 0 Å². The van der Waals surface area contributed by atoms with Gasteiger partial charge in [0.05, 0.1) is 11.1 Å². The fourth-order valence-corrected chi connectivity index (χ4v) is 2.60. The van der Waals surface area contributed by atoms with Gasteiger partial charge in [0.15, 0.2) is 0 Å². The van der Waals surface area contributed by atoms with Crippen molar-refractivity contribution in [3.8, 4) is 30.0 Å². The van der Waals surface area contributed by atoms with E-state index in [1.807, 2.05) is 24.3 Å². The van der Waals surface area contributed by atoms with Crippen molar-refractivity contribution in [3.63, 3.8) is 0 Å². The fraction of sp³-hybridized carbons (Fsp3) is 0.320. The molecule has 9 nitrogen and oxygen atoms in total. The lowest BCUT2D eigenvalue weighted by atomic mass is 10.1. The van der Waals surface area contributed by atoms with Crippen LogP contribution in [0.1, 0.15) is 38.8 Å². The van der Waals surface area contributed by atoms with Gasteiger partial charge in [0.25, 0.3) is 0 Å². The number of carbonyl (C=O) groups is 1.